The van der Waals surface area contributed by atoms with E-state index in [4.69, 9.17) is 8.83 Å². The molecule has 3 nitrogen and oxygen atoms in total. The molecule has 0 amide bonds. The number of halogens is 1. The van der Waals surface area contributed by atoms with E-state index in [0.29, 0.717) is 0 Å². The van der Waals surface area contributed by atoms with Gasteiger partial charge in [-0.3, -0.25) is 0 Å². The van der Waals surface area contributed by atoms with Gasteiger partial charge in [0.05, 0.1) is 12.3 Å². The molecule has 92 valence electrons. The molecule has 0 saturated carbocycles. The third-order valence-electron chi connectivity index (χ3n) is 2.68. The van der Waals surface area contributed by atoms with E-state index in [-0.39, 0.29) is 6.04 Å². The SMILES string of the molecule is CCNC(c1ccc(CC)o1)c1ccoc1Br. The fourth-order valence-corrected chi connectivity index (χ4v) is 2.29. The first-order chi connectivity index (χ1) is 8.26. The molecule has 1 N–H and O–H groups in total. The second-order valence-corrected chi connectivity index (χ2v) is 4.52. The minimum atomic E-state index is 0.0356. The highest BCUT2D eigenvalue weighted by atomic mass is 79.9. The van der Waals surface area contributed by atoms with Crippen LogP contribution in [0.15, 0.2) is 38.0 Å². The van der Waals surface area contributed by atoms with E-state index in [1.807, 2.05) is 18.2 Å². The molecule has 2 rings (SSSR count). The van der Waals surface area contributed by atoms with Crippen LogP contribution < -0.4 is 5.32 Å². The van der Waals surface area contributed by atoms with E-state index < -0.39 is 0 Å². The van der Waals surface area contributed by atoms with E-state index in [1.165, 1.54) is 0 Å². The van der Waals surface area contributed by atoms with Gasteiger partial charge in [0.15, 0.2) is 4.67 Å². The van der Waals surface area contributed by atoms with Gasteiger partial charge in [0.2, 0.25) is 0 Å². The maximum atomic E-state index is 5.80. The van der Waals surface area contributed by atoms with Crippen molar-refractivity contribution in [2.45, 2.75) is 26.3 Å². The van der Waals surface area contributed by atoms with Crippen molar-refractivity contribution in [3.05, 3.63) is 46.2 Å². The number of furan rings is 2. The van der Waals surface area contributed by atoms with Gasteiger partial charge in [-0.15, -0.1) is 0 Å². The van der Waals surface area contributed by atoms with E-state index in [1.54, 1.807) is 6.26 Å². The molecule has 2 heterocycles. The van der Waals surface area contributed by atoms with Crippen molar-refractivity contribution < 1.29 is 8.83 Å². The average molecular weight is 298 g/mol. The van der Waals surface area contributed by atoms with Gasteiger partial charge in [-0.1, -0.05) is 13.8 Å². The fraction of sp³-hybridized carbons (Fsp3) is 0.385. The Balaban J connectivity index is 2.32. The van der Waals surface area contributed by atoms with Gasteiger partial charge in [-0.25, -0.2) is 0 Å². The van der Waals surface area contributed by atoms with Crippen molar-refractivity contribution in [2.24, 2.45) is 0 Å². The number of aryl methyl sites for hydroxylation is 1. The standard InChI is InChI=1S/C13H16BrNO2/c1-3-9-5-6-11(17-9)12(15-4-2)10-7-8-16-13(10)14/h5-8,12,15H,3-4H2,1-2H3. The predicted octanol–water partition coefficient (Wildman–Crippen LogP) is 3.90. The topological polar surface area (TPSA) is 38.3 Å². The summed E-state index contributed by atoms with van der Waals surface area (Å²) in [6.45, 7) is 5.02. The Labute approximate surface area is 109 Å². The van der Waals surface area contributed by atoms with Crippen molar-refractivity contribution in [1.82, 2.24) is 5.32 Å². The molecule has 1 unspecified atom stereocenters. The maximum absolute atomic E-state index is 5.80. The molecule has 0 aliphatic rings. The Kier molecular flexibility index (Phi) is 4.07. The van der Waals surface area contributed by atoms with Crippen LogP contribution in [0.2, 0.25) is 0 Å². The zero-order valence-electron chi connectivity index (χ0n) is 10.00. The molecule has 2 aromatic rings. The number of hydrogen-bond donors (Lipinski definition) is 1. The van der Waals surface area contributed by atoms with Crippen LogP contribution >= 0.6 is 15.9 Å². The second-order valence-electron chi connectivity index (χ2n) is 3.80. The molecule has 2 aromatic heterocycles. The summed E-state index contributed by atoms with van der Waals surface area (Å²) in [5.74, 6) is 1.92. The fourth-order valence-electron chi connectivity index (χ4n) is 1.82. The van der Waals surface area contributed by atoms with Crippen molar-refractivity contribution in [1.29, 1.82) is 0 Å². The molecule has 0 spiro atoms. The van der Waals surface area contributed by atoms with Crippen LogP contribution in [-0.4, -0.2) is 6.54 Å². The molecule has 0 saturated heterocycles. The molecule has 0 radical (unpaired) electrons. The zero-order valence-corrected chi connectivity index (χ0v) is 11.6. The Morgan fingerprint density at radius 2 is 2.12 bits per heavy atom. The van der Waals surface area contributed by atoms with Gasteiger partial charge in [-0.05, 0) is 40.7 Å². The first kappa shape index (κ1) is 12.5. The quantitative estimate of drug-likeness (QED) is 0.910. The summed E-state index contributed by atoms with van der Waals surface area (Å²) < 4.78 is 11.8. The Morgan fingerprint density at radius 3 is 2.65 bits per heavy atom. The van der Waals surface area contributed by atoms with Crippen LogP contribution in [0.1, 0.15) is 37.0 Å². The van der Waals surface area contributed by atoms with E-state index in [2.05, 4.69) is 35.1 Å². The smallest absolute Gasteiger partial charge is 0.174 e. The lowest BCUT2D eigenvalue weighted by Gasteiger charge is -2.14. The number of rotatable bonds is 5. The summed E-state index contributed by atoms with van der Waals surface area (Å²) in [5, 5.41) is 3.40. The van der Waals surface area contributed by atoms with Gasteiger partial charge < -0.3 is 14.2 Å². The van der Waals surface area contributed by atoms with Crippen LogP contribution in [0.25, 0.3) is 0 Å². The van der Waals surface area contributed by atoms with Crippen LogP contribution in [0.3, 0.4) is 0 Å². The van der Waals surface area contributed by atoms with Gasteiger partial charge in [0, 0.05) is 12.0 Å². The first-order valence-electron chi connectivity index (χ1n) is 5.81. The van der Waals surface area contributed by atoms with E-state index >= 15 is 0 Å². The van der Waals surface area contributed by atoms with Gasteiger partial charge >= 0.3 is 0 Å². The zero-order chi connectivity index (χ0) is 12.3. The van der Waals surface area contributed by atoms with Crippen LogP contribution in [0.4, 0.5) is 0 Å². The summed E-state index contributed by atoms with van der Waals surface area (Å²) in [7, 11) is 0. The summed E-state index contributed by atoms with van der Waals surface area (Å²) in [6, 6.07) is 6.03. The average Bonchev–Trinajstić information content (AvgIpc) is 2.95. The molecule has 0 fully saturated rings. The lowest BCUT2D eigenvalue weighted by molar-refractivity contribution is 0.421. The maximum Gasteiger partial charge on any atom is 0.174 e. The van der Waals surface area contributed by atoms with Crippen LogP contribution in [-0.2, 0) is 6.42 Å². The lowest BCUT2D eigenvalue weighted by Crippen LogP contribution is -2.21. The minimum Gasteiger partial charge on any atom is -0.464 e. The molecule has 4 heteroatoms. The van der Waals surface area contributed by atoms with Crippen molar-refractivity contribution in [3.63, 3.8) is 0 Å². The lowest BCUT2D eigenvalue weighted by atomic mass is 10.1. The molecule has 0 bridgehead atoms. The molecule has 0 aromatic carbocycles. The van der Waals surface area contributed by atoms with Crippen LogP contribution in [0.5, 0.6) is 0 Å². The third kappa shape index (κ3) is 2.64. The largest absolute Gasteiger partial charge is 0.464 e. The van der Waals surface area contributed by atoms with Crippen LogP contribution in [0, 0.1) is 0 Å². The molecular weight excluding hydrogens is 282 g/mol. The van der Waals surface area contributed by atoms with E-state index in [9.17, 15) is 0 Å². The number of hydrogen-bond acceptors (Lipinski definition) is 3. The Bertz CT molecular complexity index is 475. The van der Waals surface area contributed by atoms with Crippen molar-refractivity contribution in [3.8, 4) is 0 Å². The normalized spacial score (nSPS) is 12.9. The van der Waals surface area contributed by atoms with Crippen molar-refractivity contribution >= 4 is 15.9 Å². The predicted molar refractivity (Wildman–Crippen MR) is 70.0 cm³/mol. The highest BCUT2D eigenvalue weighted by Gasteiger charge is 2.20. The molecule has 1 atom stereocenters. The van der Waals surface area contributed by atoms with Gasteiger partial charge in [-0.2, -0.15) is 0 Å². The minimum absolute atomic E-state index is 0.0356. The number of nitrogens with one attached hydrogen (secondary N) is 1. The summed E-state index contributed by atoms with van der Waals surface area (Å²) >= 11 is 3.41. The molecule has 0 aliphatic carbocycles. The Hall–Kier alpha value is -1.00. The molecule has 0 aliphatic heterocycles. The summed E-state index contributed by atoms with van der Waals surface area (Å²) in [4.78, 5) is 0. The summed E-state index contributed by atoms with van der Waals surface area (Å²) in [6.07, 6.45) is 2.58. The first-order valence-corrected chi connectivity index (χ1v) is 6.60. The van der Waals surface area contributed by atoms with Gasteiger partial charge in [0.25, 0.3) is 0 Å². The second kappa shape index (κ2) is 5.56. The highest BCUT2D eigenvalue weighted by molar-refractivity contribution is 9.10. The van der Waals surface area contributed by atoms with Crippen molar-refractivity contribution in [2.75, 3.05) is 6.54 Å². The molecular formula is C13H16BrNO2. The van der Waals surface area contributed by atoms with Gasteiger partial charge in [0.1, 0.15) is 11.5 Å². The highest BCUT2D eigenvalue weighted by Crippen LogP contribution is 2.30. The Morgan fingerprint density at radius 1 is 1.29 bits per heavy atom. The third-order valence-corrected chi connectivity index (χ3v) is 3.33. The van der Waals surface area contributed by atoms with E-state index in [0.717, 1.165) is 34.7 Å². The summed E-state index contributed by atoms with van der Waals surface area (Å²) in [5.41, 5.74) is 1.06. The molecule has 17 heavy (non-hydrogen) atoms. The monoisotopic (exact) mass is 297 g/mol.